The molecule has 1 unspecified atom stereocenters. The van der Waals surface area contributed by atoms with E-state index in [0.29, 0.717) is 6.61 Å². The zero-order valence-electron chi connectivity index (χ0n) is 12.4. The van der Waals surface area contributed by atoms with Crippen molar-refractivity contribution >= 4 is 0 Å². The third-order valence-corrected chi connectivity index (χ3v) is 3.67. The maximum absolute atomic E-state index is 5.83. The Morgan fingerprint density at radius 3 is 2.76 bits per heavy atom. The van der Waals surface area contributed by atoms with Crippen molar-refractivity contribution in [1.82, 2.24) is 4.98 Å². The normalized spacial score (nSPS) is 18.6. The van der Waals surface area contributed by atoms with Crippen LogP contribution in [0.3, 0.4) is 0 Å². The summed E-state index contributed by atoms with van der Waals surface area (Å²) in [5, 5.41) is 0. The molecule has 1 atom stereocenters. The Kier molecular flexibility index (Phi) is 4.63. The Labute approximate surface area is 125 Å². The molecule has 0 radical (unpaired) electrons. The van der Waals surface area contributed by atoms with Crippen LogP contribution in [0.25, 0.3) is 11.1 Å². The molecule has 3 heteroatoms. The van der Waals surface area contributed by atoms with Crippen LogP contribution in [-0.2, 0) is 16.1 Å². The number of rotatable bonds is 4. The van der Waals surface area contributed by atoms with Crippen molar-refractivity contribution in [1.29, 1.82) is 0 Å². The fourth-order valence-electron chi connectivity index (χ4n) is 2.63. The maximum Gasteiger partial charge on any atom is 0.158 e. The van der Waals surface area contributed by atoms with E-state index in [1.54, 1.807) is 0 Å². The third-order valence-electron chi connectivity index (χ3n) is 3.67. The first-order valence-electron chi connectivity index (χ1n) is 7.57. The van der Waals surface area contributed by atoms with E-state index in [-0.39, 0.29) is 6.29 Å². The number of hydrogen-bond acceptors (Lipinski definition) is 3. The van der Waals surface area contributed by atoms with Gasteiger partial charge in [-0.15, -0.1) is 0 Å². The predicted molar refractivity (Wildman–Crippen MR) is 82.8 cm³/mol. The Morgan fingerprint density at radius 1 is 1.14 bits per heavy atom. The molecule has 0 amide bonds. The second-order valence-corrected chi connectivity index (χ2v) is 5.46. The van der Waals surface area contributed by atoms with Crippen molar-refractivity contribution in [2.24, 2.45) is 0 Å². The van der Waals surface area contributed by atoms with E-state index in [0.717, 1.165) is 30.8 Å². The second kappa shape index (κ2) is 6.83. The molecule has 3 rings (SSSR count). The molecule has 1 saturated heterocycles. The number of hydrogen-bond donors (Lipinski definition) is 0. The minimum Gasteiger partial charge on any atom is -0.353 e. The fourth-order valence-corrected chi connectivity index (χ4v) is 2.63. The molecular weight excluding hydrogens is 262 g/mol. The van der Waals surface area contributed by atoms with E-state index in [4.69, 9.17) is 9.47 Å². The van der Waals surface area contributed by atoms with E-state index in [2.05, 4.69) is 41.4 Å². The van der Waals surface area contributed by atoms with Crippen LogP contribution in [0.15, 0.2) is 42.5 Å². The Balaban J connectivity index is 1.72. The number of nitrogens with zero attached hydrogens (tertiary/aromatic N) is 1. The van der Waals surface area contributed by atoms with Crippen molar-refractivity contribution in [3.63, 3.8) is 0 Å². The van der Waals surface area contributed by atoms with Crippen molar-refractivity contribution in [2.75, 3.05) is 6.61 Å². The summed E-state index contributed by atoms with van der Waals surface area (Å²) in [6.07, 6.45) is 3.24. The monoisotopic (exact) mass is 283 g/mol. The molecule has 3 nitrogen and oxygen atoms in total. The summed E-state index contributed by atoms with van der Waals surface area (Å²) in [5.74, 6) is 0. The first-order valence-corrected chi connectivity index (χ1v) is 7.57. The molecule has 1 fully saturated rings. The Morgan fingerprint density at radius 2 is 2.00 bits per heavy atom. The molecule has 1 aromatic carbocycles. The van der Waals surface area contributed by atoms with E-state index in [1.165, 1.54) is 17.5 Å². The number of benzene rings is 1. The highest BCUT2D eigenvalue weighted by molar-refractivity contribution is 5.63. The summed E-state index contributed by atoms with van der Waals surface area (Å²) in [4.78, 5) is 4.56. The van der Waals surface area contributed by atoms with Gasteiger partial charge in [0.2, 0.25) is 0 Å². The first-order chi connectivity index (χ1) is 10.3. The van der Waals surface area contributed by atoms with Gasteiger partial charge in [0, 0.05) is 12.3 Å². The first kappa shape index (κ1) is 14.2. The summed E-state index contributed by atoms with van der Waals surface area (Å²) in [7, 11) is 0. The molecule has 1 aliphatic rings. The average molecular weight is 283 g/mol. The number of aryl methyl sites for hydroxylation is 1. The van der Waals surface area contributed by atoms with Gasteiger partial charge in [0.25, 0.3) is 0 Å². The van der Waals surface area contributed by atoms with Crippen LogP contribution in [0, 0.1) is 6.92 Å². The van der Waals surface area contributed by atoms with Crippen molar-refractivity contribution < 1.29 is 9.47 Å². The largest absolute Gasteiger partial charge is 0.353 e. The molecule has 2 aromatic rings. The lowest BCUT2D eigenvalue weighted by Crippen LogP contribution is -2.22. The molecule has 21 heavy (non-hydrogen) atoms. The van der Waals surface area contributed by atoms with Gasteiger partial charge in [0.1, 0.15) is 0 Å². The van der Waals surface area contributed by atoms with Crippen LogP contribution in [0.5, 0.6) is 0 Å². The van der Waals surface area contributed by atoms with Crippen LogP contribution in [0.1, 0.15) is 30.7 Å². The summed E-state index contributed by atoms with van der Waals surface area (Å²) >= 11 is 0. The van der Waals surface area contributed by atoms with Gasteiger partial charge >= 0.3 is 0 Å². The molecule has 2 heterocycles. The highest BCUT2D eigenvalue weighted by atomic mass is 16.7. The highest BCUT2D eigenvalue weighted by Gasteiger charge is 2.14. The average Bonchev–Trinajstić information content (AvgIpc) is 2.54. The van der Waals surface area contributed by atoms with Gasteiger partial charge in [0.05, 0.1) is 12.3 Å². The smallest absolute Gasteiger partial charge is 0.158 e. The highest BCUT2D eigenvalue weighted by Crippen LogP contribution is 2.22. The van der Waals surface area contributed by atoms with E-state index < -0.39 is 0 Å². The van der Waals surface area contributed by atoms with Gasteiger partial charge in [-0.3, -0.25) is 4.98 Å². The van der Waals surface area contributed by atoms with Gasteiger partial charge < -0.3 is 9.47 Å². The molecule has 0 bridgehead atoms. The molecule has 1 aliphatic heterocycles. The SMILES string of the molecule is Cc1cc(-c2ccccc2)cc(COC2CCCCO2)n1. The molecule has 0 N–H and O–H groups in total. The van der Waals surface area contributed by atoms with Gasteiger partial charge in [-0.1, -0.05) is 30.3 Å². The number of pyridine rings is 1. The molecule has 1 aromatic heterocycles. The number of ether oxygens (including phenoxy) is 2. The standard InChI is InChI=1S/C18H21NO2/c1-14-11-16(15-7-3-2-4-8-15)12-17(19-14)13-21-18-9-5-6-10-20-18/h2-4,7-8,11-12,18H,5-6,9-10,13H2,1H3. The van der Waals surface area contributed by atoms with Gasteiger partial charge in [-0.05, 0) is 49.4 Å². The Bertz CT molecular complexity index is 577. The Hall–Kier alpha value is -1.71. The maximum atomic E-state index is 5.83. The van der Waals surface area contributed by atoms with E-state index in [1.807, 2.05) is 13.0 Å². The van der Waals surface area contributed by atoms with Crippen LogP contribution >= 0.6 is 0 Å². The zero-order valence-corrected chi connectivity index (χ0v) is 12.4. The van der Waals surface area contributed by atoms with E-state index in [9.17, 15) is 0 Å². The van der Waals surface area contributed by atoms with Gasteiger partial charge in [-0.25, -0.2) is 0 Å². The second-order valence-electron chi connectivity index (χ2n) is 5.46. The van der Waals surface area contributed by atoms with Crippen LogP contribution < -0.4 is 0 Å². The molecule has 0 aliphatic carbocycles. The lowest BCUT2D eigenvalue weighted by molar-refractivity contribution is -0.169. The van der Waals surface area contributed by atoms with E-state index >= 15 is 0 Å². The molecule has 0 spiro atoms. The molecule has 0 saturated carbocycles. The van der Waals surface area contributed by atoms with Crippen molar-refractivity contribution in [2.45, 2.75) is 39.1 Å². The van der Waals surface area contributed by atoms with Crippen LogP contribution in [-0.4, -0.2) is 17.9 Å². The molecular formula is C18H21NO2. The van der Waals surface area contributed by atoms with Crippen molar-refractivity contribution in [3.05, 3.63) is 53.9 Å². The fraction of sp³-hybridized carbons (Fsp3) is 0.389. The topological polar surface area (TPSA) is 31.4 Å². The predicted octanol–water partition coefficient (Wildman–Crippen LogP) is 4.10. The minimum absolute atomic E-state index is 0.0683. The summed E-state index contributed by atoms with van der Waals surface area (Å²) in [5.41, 5.74) is 4.37. The van der Waals surface area contributed by atoms with Crippen LogP contribution in [0.2, 0.25) is 0 Å². The lowest BCUT2D eigenvalue weighted by atomic mass is 10.1. The quantitative estimate of drug-likeness (QED) is 0.846. The summed E-state index contributed by atoms with van der Waals surface area (Å²) < 4.78 is 11.4. The summed E-state index contributed by atoms with van der Waals surface area (Å²) in [6.45, 7) is 3.33. The van der Waals surface area contributed by atoms with Gasteiger partial charge in [-0.2, -0.15) is 0 Å². The third kappa shape index (κ3) is 3.90. The number of aromatic nitrogens is 1. The molecule has 110 valence electrons. The van der Waals surface area contributed by atoms with Gasteiger partial charge in [0.15, 0.2) is 6.29 Å². The minimum atomic E-state index is -0.0683. The lowest BCUT2D eigenvalue weighted by Gasteiger charge is -2.22. The summed E-state index contributed by atoms with van der Waals surface area (Å²) in [6, 6.07) is 14.6. The van der Waals surface area contributed by atoms with Crippen LogP contribution in [0.4, 0.5) is 0 Å². The van der Waals surface area contributed by atoms with Crippen molar-refractivity contribution in [3.8, 4) is 11.1 Å². The zero-order chi connectivity index (χ0) is 14.5.